The zero-order valence-corrected chi connectivity index (χ0v) is 12.0. The topological polar surface area (TPSA) is 118 Å². The Morgan fingerprint density at radius 3 is 2.57 bits per heavy atom. The van der Waals surface area contributed by atoms with Crippen LogP contribution in [0.1, 0.15) is 23.2 Å². The van der Waals surface area contributed by atoms with Gasteiger partial charge >= 0.3 is 5.97 Å². The molecule has 0 saturated carbocycles. The number of primary amides is 1. The SMILES string of the molecule is NC(=O)C1CCCN(S(=O)(=O)c2ccccc2C(=O)O)C1. The zero-order valence-electron chi connectivity index (χ0n) is 11.2. The summed E-state index contributed by atoms with van der Waals surface area (Å²) in [6, 6.07) is 5.43. The summed E-state index contributed by atoms with van der Waals surface area (Å²) in [5.74, 6) is -2.38. The quantitative estimate of drug-likeness (QED) is 0.827. The average Bonchev–Trinajstić information content (AvgIpc) is 2.47. The molecule has 1 aromatic carbocycles. The molecule has 3 N–H and O–H groups in total. The number of nitrogens with two attached hydrogens (primary N) is 1. The Morgan fingerprint density at radius 1 is 1.29 bits per heavy atom. The van der Waals surface area contributed by atoms with Gasteiger partial charge in [0, 0.05) is 13.1 Å². The molecule has 114 valence electrons. The highest BCUT2D eigenvalue weighted by Gasteiger charge is 2.34. The molecule has 1 atom stereocenters. The van der Waals surface area contributed by atoms with E-state index in [4.69, 9.17) is 10.8 Å². The van der Waals surface area contributed by atoms with Gasteiger partial charge in [-0.25, -0.2) is 13.2 Å². The zero-order chi connectivity index (χ0) is 15.6. The normalized spacial score (nSPS) is 20.1. The van der Waals surface area contributed by atoms with E-state index in [-0.39, 0.29) is 23.5 Å². The molecule has 1 unspecified atom stereocenters. The van der Waals surface area contributed by atoms with Gasteiger partial charge in [-0.3, -0.25) is 4.79 Å². The lowest BCUT2D eigenvalue weighted by molar-refractivity contribution is -0.122. The fourth-order valence-corrected chi connectivity index (χ4v) is 4.11. The van der Waals surface area contributed by atoms with Crippen LogP contribution in [0.25, 0.3) is 0 Å². The maximum atomic E-state index is 12.6. The first-order valence-electron chi connectivity index (χ1n) is 6.46. The summed E-state index contributed by atoms with van der Waals surface area (Å²) in [6.45, 7) is 0.242. The summed E-state index contributed by atoms with van der Waals surface area (Å²) in [5, 5.41) is 9.11. The second kappa shape index (κ2) is 5.82. The van der Waals surface area contributed by atoms with Crippen molar-refractivity contribution in [1.82, 2.24) is 4.31 Å². The number of aromatic carboxylic acids is 1. The molecule has 2 rings (SSSR count). The molecule has 1 aliphatic heterocycles. The number of carboxylic acids is 1. The van der Waals surface area contributed by atoms with E-state index in [9.17, 15) is 18.0 Å². The number of carbonyl (C=O) groups is 2. The second-order valence-electron chi connectivity index (χ2n) is 4.91. The maximum absolute atomic E-state index is 12.6. The second-order valence-corrected chi connectivity index (χ2v) is 6.81. The highest BCUT2D eigenvalue weighted by atomic mass is 32.2. The molecular formula is C13H16N2O5S. The molecule has 1 amide bonds. The van der Waals surface area contributed by atoms with Gasteiger partial charge in [0.2, 0.25) is 15.9 Å². The molecule has 0 bridgehead atoms. The van der Waals surface area contributed by atoms with E-state index >= 15 is 0 Å². The van der Waals surface area contributed by atoms with Gasteiger partial charge in [-0.05, 0) is 25.0 Å². The van der Waals surface area contributed by atoms with Crippen molar-refractivity contribution in [3.63, 3.8) is 0 Å². The molecule has 1 fully saturated rings. The van der Waals surface area contributed by atoms with Crippen LogP contribution in [-0.4, -0.2) is 42.8 Å². The largest absolute Gasteiger partial charge is 0.478 e. The van der Waals surface area contributed by atoms with Gasteiger partial charge in [-0.2, -0.15) is 4.31 Å². The third kappa shape index (κ3) is 3.06. The Hall–Kier alpha value is -1.93. The van der Waals surface area contributed by atoms with Gasteiger partial charge in [-0.15, -0.1) is 0 Å². The highest BCUT2D eigenvalue weighted by Crippen LogP contribution is 2.25. The maximum Gasteiger partial charge on any atom is 0.337 e. The first-order chi connectivity index (χ1) is 9.84. The summed E-state index contributed by atoms with van der Waals surface area (Å²) in [7, 11) is -3.96. The molecule has 1 heterocycles. The number of carboxylic acid groups (broad SMARTS) is 1. The van der Waals surface area contributed by atoms with Crippen LogP contribution in [0.3, 0.4) is 0 Å². The number of nitrogens with zero attached hydrogens (tertiary/aromatic N) is 1. The van der Waals surface area contributed by atoms with Crippen LogP contribution in [0.5, 0.6) is 0 Å². The van der Waals surface area contributed by atoms with Crippen molar-refractivity contribution in [2.45, 2.75) is 17.7 Å². The van der Waals surface area contributed by atoms with Crippen molar-refractivity contribution in [2.24, 2.45) is 11.7 Å². The number of piperidine rings is 1. The standard InChI is InChI=1S/C13H16N2O5S/c14-12(16)9-4-3-7-15(8-9)21(19,20)11-6-2-1-5-10(11)13(17)18/h1-2,5-6,9H,3-4,7-8H2,(H2,14,16)(H,17,18). The molecular weight excluding hydrogens is 296 g/mol. The van der Waals surface area contributed by atoms with E-state index in [0.29, 0.717) is 12.8 Å². The summed E-state index contributed by atoms with van der Waals surface area (Å²) in [4.78, 5) is 22.2. The van der Waals surface area contributed by atoms with Crippen molar-refractivity contribution in [1.29, 1.82) is 0 Å². The average molecular weight is 312 g/mol. The van der Waals surface area contributed by atoms with Crippen molar-refractivity contribution in [2.75, 3.05) is 13.1 Å². The summed E-state index contributed by atoms with van der Waals surface area (Å²) in [5.41, 5.74) is 4.96. The highest BCUT2D eigenvalue weighted by molar-refractivity contribution is 7.89. The van der Waals surface area contributed by atoms with E-state index in [1.165, 1.54) is 24.3 Å². The van der Waals surface area contributed by atoms with Crippen LogP contribution in [0.4, 0.5) is 0 Å². The summed E-state index contributed by atoms with van der Waals surface area (Å²) < 4.78 is 26.3. The van der Waals surface area contributed by atoms with E-state index < -0.39 is 27.8 Å². The molecule has 0 aliphatic carbocycles. The predicted octanol–water partition coefficient (Wildman–Crippen LogP) is 0.271. The van der Waals surface area contributed by atoms with Crippen LogP contribution in [-0.2, 0) is 14.8 Å². The first-order valence-corrected chi connectivity index (χ1v) is 7.90. The third-order valence-corrected chi connectivity index (χ3v) is 5.45. The fourth-order valence-electron chi connectivity index (χ4n) is 2.40. The third-order valence-electron chi connectivity index (χ3n) is 3.52. The van der Waals surface area contributed by atoms with Crippen LogP contribution in [0.2, 0.25) is 0 Å². The van der Waals surface area contributed by atoms with Crippen molar-refractivity contribution >= 4 is 21.9 Å². The molecule has 0 radical (unpaired) electrons. The van der Waals surface area contributed by atoms with Gasteiger partial charge in [-0.1, -0.05) is 12.1 Å². The minimum atomic E-state index is -3.96. The number of hydrogen-bond acceptors (Lipinski definition) is 4. The molecule has 8 heteroatoms. The van der Waals surface area contributed by atoms with Crippen molar-refractivity contribution in [3.8, 4) is 0 Å². The van der Waals surface area contributed by atoms with Gasteiger partial charge in [0.15, 0.2) is 0 Å². The van der Waals surface area contributed by atoms with Gasteiger partial charge in [0.05, 0.1) is 16.4 Å². The van der Waals surface area contributed by atoms with Crippen LogP contribution >= 0.6 is 0 Å². The molecule has 1 aromatic rings. The lowest BCUT2D eigenvalue weighted by Gasteiger charge is -2.30. The number of sulfonamides is 1. The Morgan fingerprint density at radius 2 is 1.95 bits per heavy atom. The molecule has 1 saturated heterocycles. The lowest BCUT2D eigenvalue weighted by atomic mass is 9.99. The molecule has 0 aromatic heterocycles. The molecule has 21 heavy (non-hydrogen) atoms. The van der Waals surface area contributed by atoms with Gasteiger partial charge < -0.3 is 10.8 Å². The smallest absolute Gasteiger partial charge is 0.337 e. The minimum absolute atomic E-state index is 0.00831. The molecule has 0 spiro atoms. The number of hydrogen-bond donors (Lipinski definition) is 2. The fraction of sp³-hybridized carbons (Fsp3) is 0.385. The van der Waals surface area contributed by atoms with Crippen LogP contribution < -0.4 is 5.73 Å². The van der Waals surface area contributed by atoms with Crippen molar-refractivity contribution in [3.05, 3.63) is 29.8 Å². The van der Waals surface area contributed by atoms with Gasteiger partial charge in [0.1, 0.15) is 0 Å². The van der Waals surface area contributed by atoms with Crippen LogP contribution in [0.15, 0.2) is 29.2 Å². The monoisotopic (exact) mass is 312 g/mol. The minimum Gasteiger partial charge on any atom is -0.478 e. The Bertz CT molecular complexity index is 671. The molecule has 1 aliphatic rings. The summed E-state index contributed by atoms with van der Waals surface area (Å²) >= 11 is 0. The van der Waals surface area contributed by atoms with Crippen molar-refractivity contribution < 1.29 is 23.1 Å². The molecule has 7 nitrogen and oxygen atoms in total. The van der Waals surface area contributed by atoms with E-state index in [0.717, 1.165) is 4.31 Å². The van der Waals surface area contributed by atoms with E-state index in [1.807, 2.05) is 0 Å². The predicted molar refractivity (Wildman–Crippen MR) is 74.1 cm³/mol. The lowest BCUT2D eigenvalue weighted by Crippen LogP contribution is -2.44. The van der Waals surface area contributed by atoms with E-state index in [1.54, 1.807) is 0 Å². The Balaban J connectivity index is 2.38. The van der Waals surface area contributed by atoms with Crippen LogP contribution in [0, 0.1) is 5.92 Å². The van der Waals surface area contributed by atoms with Gasteiger partial charge in [0.25, 0.3) is 0 Å². The Labute approximate surface area is 122 Å². The number of rotatable bonds is 4. The van der Waals surface area contributed by atoms with E-state index in [2.05, 4.69) is 0 Å². The first kappa shape index (κ1) is 15.5. The Kier molecular flexibility index (Phi) is 4.29. The summed E-state index contributed by atoms with van der Waals surface area (Å²) in [6.07, 6.45) is 1.06. The number of amides is 1. The number of carbonyl (C=O) groups excluding carboxylic acids is 1. The number of benzene rings is 1.